The molecule has 1 heterocycles. The van der Waals surface area contributed by atoms with E-state index in [0.717, 1.165) is 39.4 Å². The predicted octanol–water partition coefficient (Wildman–Crippen LogP) is -1.16. The van der Waals surface area contributed by atoms with Crippen molar-refractivity contribution in [3.05, 3.63) is 0 Å². The SMILES string of the molecule is CC(=O)N(CCN1CCOCC1)CC(=O)NCCN(C)C. The normalized spacial score (nSPS) is 16.0. The third-order valence-electron chi connectivity index (χ3n) is 3.45. The van der Waals surface area contributed by atoms with E-state index in [1.807, 2.05) is 19.0 Å². The molecule has 0 atom stereocenters. The lowest BCUT2D eigenvalue weighted by Gasteiger charge is -2.29. The molecule has 122 valence electrons. The molecular formula is C14H28N4O3. The van der Waals surface area contributed by atoms with Gasteiger partial charge in [0.05, 0.1) is 19.8 Å². The molecule has 0 aromatic rings. The van der Waals surface area contributed by atoms with Gasteiger partial charge in [-0.25, -0.2) is 0 Å². The molecule has 0 radical (unpaired) electrons. The van der Waals surface area contributed by atoms with Crippen molar-refractivity contribution >= 4 is 11.8 Å². The van der Waals surface area contributed by atoms with Crippen LogP contribution in [0.5, 0.6) is 0 Å². The van der Waals surface area contributed by atoms with Gasteiger partial charge < -0.3 is 19.9 Å². The van der Waals surface area contributed by atoms with E-state index in [2.05, 4.69) is 10.2 Å². The first kappa shape index (κ1) is 17.9. The van der Waals surface area contributed by atoms with Crippen LogP contribution >= 0.6 is 0 Å². The number of ether oxygens (including phenoxy) is 1. The van der Waals surface area contributed by atoms with Crippen LogP contribution in [0, 0.1) is 0 Å². The summed E-state index contributed by atoms with van der Waals surface area (Å²) in [6.45, 7) is 7.65. The fourth-order valence-corrected chi connectivity index (χ4v) is 2.08. The summed E-state index contributed by atoms with van der Waals surface area (Å²) < 4.78 is 5.29. The van der Waals surface area contributed by atoms with Crippen molar-refractivity contribution in [3.63, 3.8) is 0 Å². The molecule has 1 rings (SSSR count). The summed E-state index contributed by atoms with van der Waals surface area (Å²) in [5.41, 5.74) is 0. The van der Waals surface area contributed by atoms with E-state index in [0.29, 0.717) is 13.1 Å². The number of amides is 2. The van der Waals surface area contributed by atoms with Crippen molar-refractivity contribution in [2.24, 2.45) is 0 Å². The number of hydrogen-bond acceptors (Lipinski definition) is 5. The maximum atomic E-state index is 11.8. The Morgan fingerprint density at radius 1 is 1.19 bits per heavy atom. The first-order valence-corrected chi connectivity index (χ1v) is 7.46. The number of likely N-dealkylation sites (N-methyl/N-ethyl adjacent to an activating group) is 1. The first-order chi connectivity index (χ1) is 9.99. The molecule has 0 aromatic heterocycles. The Kier molecular flexibility index (Phi) is 8.26. The summed E-state index contributed by atoms with van der Waals surface area (Å²) in [6.07, 6.45) is 0. The summed E-state index contributed by atoms with van der Waals surface area (Å²) in [5.74, 6) is -0.167. The van der Waals surface area contributed by atoms with Gasteiger partial charge in [0.25, 0.3) is 0 Å². The van der Waals surface area contributed by atoms with Crippen molar-refractivity contribution in [2.45, 2.75) is 6.92 Å². The number of carbonyl (C=O) groups excluding carboxylic acids is 2. The lowest BCUT2D eigenvalue weighted by Crippen LogP contribution is -2.46. The quantitative estimate of drug-likeness (QED) is 0.613. The zero-order valence-corrected chi connectivity index (χ0v) is 13.4. The summed E-state index contributed by atoms with van der Waals surface area (Å²) in [7, 11) is 3.91. The minimum absolute atomic E-state index is 0.0639. The molecule has 2 amide bonds. The molecule has 0 unspecified atom stereocenters. The molecule has 1 aliphatic heterocycles. The lowest BCUT2D eigenvalue weighted by atomic mass is 10.3. The summed E-state index contributed by atoms with van der Waals surface area (Å²) in [6, 6.07) is 0. The van der Waals surface area contributed by atoms with Gasteiger partial charge >= 0.3 is 0 Å². The molecule has 0 saturated carbocycles. The molecule has 0 bridgehead atoms. The van der Waals surface area contributed by atoms with Gasteiger partial charge in [-0.1, -0.05) is 0 Å². The highest BCUT2D eigenvalue weighted by molar-refractivity contribution is 5.83. The number of nitrogens with zero attached hydrogens (tertiary/aromatic N) is 3. The molecule has 1 fully saturated rings. The van der Waals surface area contributed by atoms with Crippen LogP contribution in [-0.2, 0) is 14.3 Å². The molecule has 1 aliphatic rings. The number of nitrogens with one attached hydrogen (secondary N) is 1. The maximum Gasteiger partial charge on any atom is 0.239 e. The Morgan fingerprint density at radius 3 is 2.43 bits per heavy atom. The monoisotopic (exact) mass is 300 g/mol. The average molecular weight is 300 g/mol. The van der Waals surface area contributed by atoms with Gasteiger partial charge in [-0.2, -0.15) is 0 Å². The van der Waals surface area contributed by atoms with Crippen LogP contribution in [0.25, 0.3) is 0 Å². The molecule has 0 spiro atoms. The van der Waals surface area contributed by atoms with E-state index in [-0.39, 0.29) is 18.4 Å². The first-order valence-electron chi connectivity index (χ1n) is 7.46. The van der Waals surface area contributed by atoms with Crippen LogP contribution in [0.3, 0.4) is 0 Å². The Bertz CT molecular complexity index is 330. The number of carbonyl (C=O) groups is 2. The zero-order chi connectivity index (χ0) is 15.7. The standard InChI is InChI=1S/C14H28N4O3/c1-13(19)18(7-6-17-8-10-21-11-9-17)12-14(20)15-4-5-16(2)3/h4-12H2,1-3H3,(H,15,20). The average Bonchev–Trinajstić information content (AvgIpc) is 2.43. The smallest absolute Gasteiger partial charge is 0.239 e. The largest absolute Gasteiger partial charge is 0.379 e. The Morgan fingerprint density at radius 2 is 1.86 bits per heavy atom. The highest BCUT2D eigenvalue weighted by Crippen LogP contribution is 1.98. The second-order valence-electron chi connectivity index (χ2n) is 5.55. The van der Waals surface area contributed by atoms with Crippen molar-refractivity contribution in [1.29, 1.82) is 0 Å². The molecule has 1 N–H and O–H groups in total. The van der Waals surface area contributed by atoms with Gasteiger partial charge in [-0.3, -0.25) is 14.5 Å². The fourth-order valence-electron chi connectivity index (χ4n) is 2.08. The van der Waals surface area contributed by atoms with Crippen molar-refractivity contribution < 1.29 is 14.3 Å². The van der Waals surface area contributed by atoms with Crippen LogP contribution in [-0.4, -0.2) is 99.6 Å². The molecule has 0 aromatic carbocycles. The van der Waals surface area contributed by atoms with Gasteiger partial charge in [0.1, 0.15) is 0 Å². The summed E-state index contributed by atoms with van der Waals surface area (Å²) in [4.78, 5) is 29.3. The molecule has 7 heteroatoms. The predicted molar refractivity (Wildman–Crippen MR) is 81.1 cm³/mol. The zero-order valence-electron chi connectivity index (χ0n) is 13.4. The van der Waals surface area contributed by atoms with Gasteiger partial charge in [0, 0.05) is 46.2 Å². The number of rotatable bonds is 8. The van der Waals surface area contributed by atoms with Gasteiger partial charge in [-0.15, -0.1) is 0 Å². The number of hydrogen-bond donors (Lipinski definition) is 1. The minimum Gasteiger partial charge on any atom is -0.379 e. The van der Waals surface area contributed by atoms with Crippen molar-refractivity contribution in [2.75, 3.05) is 73.1 Å². The van der Waals surface area contributed by atoms with Gasteiger partial charge in [-0.05, 0) is 14.1 Å². The van der Waals surface area contributed by atoms with Crippen LogP contribution in [0.1, 0.15) is 6.92 Å². The highest BCUT2D eigenvalue weighted by Gasteiger charge is 2.16. The second kappa shape index (κ2) is 9.70. The topological polar surface area (TPSA) is 65.1 Å². The van der Waals surface area contributed by atoms with Crippen LogP contribution in [0.15, 0.2) is 0 Å². The van der Waals surface area contributed by atoms with E-state index < -0.39 is 0 Å². The molecule has 0 aliphatic carbocycles. The third kappa shape index (κ3) is 7.99. The van der Waals surface area contributed by atoms with E-state index >= 15 is 0 Å². The summed E-state index contributed by atoms with van der Waals surface area (Å²) >= 11 is 0. The van der Waals surface area contributed by atoms with Crippen LogP contribution < -0.4 is 5.32 Å². The second-order valence-corrected chi connectivity index (χ2v) is 5.55. The van der Waals surface area contributed by atoms with E-state index in [1.54, 1.807) is 4.90 Å². The lowest BCUT2D eigenvalue weighted by molar-refractivity contribution is -0.134. The van der Waals surface area contributed by atoms with Crippen molar-refractivity contribution in [3.8, 4) is 0 Å². The van der Waals surface area contributed by atoms with Crippen LogP contribution in [0.2, 0.25) is 0 Å². The molecule has 21 heavy (non-hydrogen) atoms. The summed E-state index contributed by atoms with van der Waals surface area (Å²) in [5, 5.41) is 2.83. The Labute approximate surface area is 127 Å². The Balaban J connectivity index is 2.28. The maximum absolute atomic E-state index is 11.8. The van der Waals surface area contributed by atoms with Crippen molar-refractivity contribution in [1.82, 2.24) is 20.0 Å². The fraction of sp³-hybridized carbons (Fsp3) is 0.857. The molecule has 7 nitrogen and oxygen atoms in total. The van der Waals surface area contributed by atoms with E-state index in [1.165, 1.54) is 6.92 Å². The molecule has 1 saturated heterocycles. The minimum atomic E-state index is -0.103. The molecular weight excluding hydrogens is 272 g/mol. The van der Waals surface area contributed by atoms with E-state index in [9.17, 15) is 9.59 Å². The van der Waals surface area contributed by atoms with Gasteiger partial charge in [0.2, 0.25) is 11.8 Å². The third-order valence-corrected chi connectivity index (χ3v) is 3.45. The van der Waals surface area contributed by atoms with Crippen LogP contribution in [0.4, 0.5) is 0 Å². The number of morpholine rings is 1. The Hall–Kier alpha value is -1.18. The highest BCUT2D eigenvalue weighted by atomic mass is 16.5. The van der Waals surface area contributed by atoms with Gasteiger partial charge in [0.15, 0.2) is 0 Å². The van der Waals surface area contributed by atoms with E-state index in [4.69, 9.17) is 4.74 Å².